The Morgan fingerprint density at radius 2 is 1.96 bits per heavy atom. The third-order valence-corrected chi connectivity index (χ3v) is 9.62. The van der Waals surface area contributed by atoms with Gasteiger partial charge in [0.2, 0.25) is 0 Å². The molecule has 1 unspecified atom stereocenters. The number of esters is 1. The maximum absolute atomic E-state index is 15.8. The number of aromatic nitrogens is 5. The topological polar surface area (TPSA) is 87.0 Å². The first-order chi connectivity index (χ1) is 24.7. The zero-order valence-corrected chi connectivity index (χ0v) is 29.0. The Bertz CT molecular complexity index is 2210. The van der Waals surface area contributed by atoms with E-state index in [1.165, 1.54) is 18.2 Å². The molecule has 1 aliphatic heterocycles. The van der Waals surface area contributed by atoms with Crippen molar-refractivity contribution < 1.29 is 23.0 Å². The summed E-state index contributed by atoms with van der Waals surface area (Å²) >= 11 is 0. The highest BCUT2D eigenvalue weighted by molar-refractivity contribution is 5.85. The molecule has 1 atom stereocenters. The van der Waals surface area contributed by atoms with E-state index >= 15 is 8.78 Å². The molecule has 0 saturated carbocycles. The van der Waals surface area contributed by atoms with Gasteiger partial charge < -0.3 is 14.5 Å². The van der Waals surface area contributed by atoms with E-state index in [4.69, 9.17) is 14.6 Å². The molecular weight excluding hydrogens is 648 g/mol. The Labute approximate surface area is 295 Å². The molecule has 8 nitrogen and oxygen atoms in total. The first-order valence-electron chi connectivity index (χ1n) is 17.4. The van der Waals surface area contributed by atoms with E-state index in [0.29, 0.717) is 36.2 Å². The predicted molar refractivity (Wildman–Crippen MR) is 193 cm³/mol. The Morgan fingerprint density at radius 3 is 2.82 bits per heavy atom. The van der Waals surface area contributed by atoms with Crippen LogP contribution in [0.3, 0.4) is 0 Å². The second kappa shape index (κ2) is 14.4. The van der Waals surface area contributed by atoms with Gasteiger partial charge in [0, 0.05) is 53.1 Å². The van der Waals surface area contributed by atoms with Crippen LogP contribution in [0.1, 0.15) is 74.8 Å². The van der Waals surface area contributed by atoms with Crippen LogP contribution in [0.5, 0.6) is 11.5 Å². The van der Waals surface area contributed by atoms with Crippen LogP contribution in [0.25, 0.3) is 22.2 Å². The summed E-state index contributed by atoms with van der Waals surface area (Å²) in [7, 11) is 0. The van der Waals surface area contributed by atoms with E-state index < -0.39 is 11.6 Å². The number of ether oxygens (including phenoxy) is 2. The molecule has 0 aliphatic carbocycles. The number of aromatic amines is 1. The fourth-order valence-electron chi connectivity index (χ4n) is 6.74. The van der Waals surface area contributed by atoms with Crippen molar-refractivity contribution in [3.05, 3.63) is 131 Å². The summed E-state index contributed by atoms with van der Waals surface area (Å²) in [4.78, 5) is 15.2. The molecule has 6 bridgehead atoms. The normalized spacial score (nSPS) is 16.6. The molecule has 3 aromatic carbocycles. The van der Waals surface area contributed by atoms with Crippen LogP contribution in [0, 0.1) is 11.6 Å². The predicted octanol–water partition coefficient (Wildman–Crippen LogP) is 9.45. The minimum atomic E-state index is -0.539. The van der Waals surface area contributed by atoms with Gasteiger partial charge in [0.05, 0.1) is 31.1 Å². The van der Waals surface area contributed by atoms with Crippen LogP contribution in [0.2, 0.25) is 0 Å². The number of rotatable bonds is 5. The molecule has 10 heteroatoms. The molecule has 51 heavy (non-hydrogen) atoms. The van der Waals surface area contributed by atoms with Gasteiger partial charge in [-0.05, 0) is 85.0 Å². The van der Waals surface area contributed by atoms with E-state index in [-0.39, 0.29) is 41.0 Å². The van der Waals surface area contributed by atoms with Crippen molar-refractivity contribution in [2.45, 2.75) is 70.9 Å². The van der Waals surface area contributed by atoms with Gasteiger partial charge in [-0.2, -0.15) is 10.2 Å². The number of nitrogens with zero attached hydrogens (tertiary/aromatic N) is 4. The third kappa shape index (κ3) is 7.36. The SMILES string of the molecule is CCOC(=O)CCc1cccc(C2CC/C=C\CC(C)(C)c3cnn(c3)Cc3c(c(F)cc4[nH]ccc34)Oc3ccc(F)c(c3)-c3ccn2n3)c1. The fourth-order valence-corrected chi connectivity index (χ4v) is 6.74. The number of H-pyrrole nitrogens is 1. The smallest absolute Gasteiger partial charge is 0.306 e. The van der Waals surface area contributed by atoms with Gasteiger partial charge in [-0.3, -0.25) is 14.2 Å². The average Bonchev–Trinajstić information content (AvgIpc) is 3.90. The van der Waals surface area contributed by atoms with Gasteiger partial charge in [0.25, 0.3) is 0 Å². The lowest BCUT2D eigenvalue weighted by atomic mass is 9.83. The Balaban J connectivity index is 1.29. The highest BCUT2D eigenvalue weighted by Gasteiger charge is 2.24. The minimum Gasteiger partial charge on any atom is -0.466 e. The summed E-state index contributed by atoms with van der Waals surface area (Å²) in [5, 5.41) is 10.4. The highest BCUT2D eigenvalue weighted by Crippen LogP contribution is 2.37. The van der Waals surface area contributed by atoms with Crippen LogP contribution >= 0.6 is 0 Å². The van der Waals surface area contributed by atoms with Crippen molar-refractivity contribution in [3.8, 4) is 22.8 Å². The fraction of sp³-hybridized carbons (Fsp3) is 0.293. The van der Waals surface area contributed by atoms with E-state index in [9.17, 15) is 4.79 Å². The first-order valence-corrected chi connectivity index (χ1v) is 17.4. The number of hydrogen-bond acceptors (Lipinski definition) is 5. The minimum absolute atomic E-state index is 0.0572. The molecule has 262 valence electrons. The van der Waals surface area contributed by atoms with Gasteiger partial charge in [0.15, 0.2) is 11.6 Å². The van der Waals surface area contributed by atoms with Crippen LogP contribution in [-0.2, 0) is 27.9 Å². The number of halogens is 2. The first kappa shape index (κ1) is 34.0. The van der Waals surface area contributed by atoms with E-state index in [1.807, 2.05) is 41.5 Å². The largest absolute Gasteiger partial charge is 0.466 e. The molecule has 0 spiro atoms. The van der Waals surface area contributed by atoms with Crippen molar-refractivity contribution in [2.75, 3.05) is 6.61 Å². The summed E-state index contributed by atoms with van der Waals surface area (Å²) in [6.07, 6.45) is 15.1. The molecule has 3 aromatic heterocycles. The van der Waals surface area contributed by atoms with Gasteiger partial charge in [-0.15, -0.1) is 0 Å². The molecule has 1 N–H and O–H groups in total. The summed E-state index contributed by atoms with van der Waals surface area (Å²) in [5.41, 5.74) is 4.86. The lowest BCUT2D eigenvalue weighted by molar-refractivity contribution is -0.143. The second-order valence-electron chi connectivity index (χ2n) is 13.7. The van der Waals surface area contributed by atoms with Crippen LogP contribution in [0.4, 0.5) is 8.78 Å². The number of aryl methyl sites for hydroxylation is 1. The number of benzene rings is 3. The zero-order chi connectivity index (χ0) is 35.5. The number of allylic oxidation sites excluding steroid dienone is 2. The highest BCUT2D eigenvalue weighted by atomic mass is 19.1. The third-order valence-electron chi connectivity index (χ3n) is 9.62. The summed E-state index contributed by atoms with van der Waals surface area (Å²) in [5.74, 6) is -0.892. The molecule has 0 radical (unpaired) electrons. The lowest BCUT2D eigenvalue weighted by Gasteiger charge is -2.21. The molecule has 4 heterocycles. The number of carbonyl (C=O) groups excluding carboxylic acids is 1. The quantitative estimate of drug-likeness (QED) is 0.144. The van der Waals surface area contributed by atoms with Crippen molar-refractivity contribution >= 4 is 16.9 Å². The summed E-state index contributed by atoms with van der Waals surface area (Å²) in [6.45, 7) is 6.81. The summed E-state index contributed by atoms with van der Waals surface area (Å²) < 4.78 is 46.4. The van der Waals surface area contributed by atoms with Crippen molar-refractivity contribution in [2.24, 2.45) is 0 Å². The van der Waals surface area contributed by atoms with Crippen molar-refractivity contribution in [1.29, 1.82) is 0 Å². The molecule has 0 amide bonds. The van der Waals surface area contributed by atoms with Crippen LogP contribution in [0.15, 0.2) is 97.6 Å². The van der Waals surface area contributed by atoms with Gasteiger partial charge >= 0.3 is 5.97 Å². The zero-order valence-electron chi connectivity index (χ0n) is 29.0. The summed E-state index contributed by atoms with van der Waals surface area (Å²) in [6, 6.07) is 17.5. The molecule has 6 aromatic rings. The molecular formula is C41H41F2N5O3. The standard InChI is InChI=1S/C41H41F2N5O3/c1-4-50-39(49)15-12-27-9-8-10-28(21-27)38-11-6-5-7-18-41(2,3)29-24-45-47(25-29)26-33-31-16-19-44-37(31)23-35(43)40(33)51-30-13-14-34(42)32(22-30)36-17-20-48(38)46-36/h5,7-10,13-14,16-17,19-25,38,44H,4,6,11-12,15,18,26H2,1-3H3/b7-5-. The van der Waals surface area contributed by atoms with E-state index in [0.717, 1.165) is 41.3 Å². The molecule has 1 aliphatic rings. The molecule has 0 saturated heterocycles. The number of carbonyl (C=O) groups is 1. The number of nitrogens with one attached hydrogen (secondary N) is 1. The lowest BCUT2D eigenvalue weighted by Crippen LogP contribution is -2.15. The molecule has 7 rings (SSSR count). The van der Waals surface area contributed by atoms with Gasteiger partial charge in [-0.25, -0.2) is 8.78 Å². The monoisotopic (exact) mass is 689 g/mol. The number of hydrogen-bond donors (Lipinski definition) is 1. The van der Waals surface area contributed by atoms with Gasteiger partial charge in [-0.1, -0.05) is 50.3 Å². The Morgan fingerprint density at radius 1 is 1.08 bits per heavy atom. The van der Waals surface area contributed by atoms with E-state index in [2.05, 4.69) is 48.2 Å². The van der Waals surface area contributed by atoms with E-state index in [1.54, 1.807) is 29.9 Å². The maximum atomic E-state index is 15.8. The van der Waals surface area contributed by atoms with Crippen LogP contribution in [-0.4, -0.2) is 37.1 Å². The Kier molecular flexibility index (Phi) is 9.58. The van der Waals surface area contributed by atoms with Crippen LogP contribution < -0.4 is 4.74 Å². The maximum Gasteiger partial charge on any atom is 0.306 e. The Hall–Kier alpha value is -5.51. The second-order valence-corrected chi connectivity index (χ2v) is 13.7. The van der Waals surface area contributed by atoms with Gasteiger partial charge in [0.1, 0.15) is 11.6 Å². The number of fused-ring (bicyclic) bond motifs is 10. The van der Waals surface area contributed by atoms with Crippen molar-refractivity contribution in [3.63, 3.8) is 0 Å². The molecule has 0 fully saturated rings. The van der Waals surface area contributed by atoms with Crippen molar-refractivity contribution in [1.82, 2.24) is 24.5 Å². The average molecular weight is 690 g/mol.